The van der Waals surface area contributed by atoms with Crippen molar-refractivity contribution in [2.24, 2.45) is 0 Å². The maximum Gasteiger partial charge on any atom is 0 e. The number of halogens is 4. The van der Waals surface area contributed by atoms with Gasteiger partial charge in [-0.1, -0.05) is 0 Å². The molecular weight excluding hydrogens is 272 g/mol. The van der Waals surface area contributed by atoms with Crippen LogP contribution in [0.2, 0.25) is 0 Å². The first-order valence-corrected chi connectivity index (χ1v) is 0. The minimum atomic E-state index is 0. The molecule has 0 aliphatic carbocycles. The van der Waals surface area contributed by atoms with Crippen molar-refractivity contribution in [2.45, 2.75) is 0 Å². The Morgan fingerprint density at radius 1 is 0.500 bits per heavy atom. The van der Waals surface area contributed by atoms with Crippen LogP contribution in [0.4, 0.5) is 18.8 Å². The van der Waals surface area contributed by atoms with Gasteiger partial charge in [0.1, 0.15) is 0 Å². The molecule has 0 aliphatic rings. The van der Waals surface area contributed by atoms with Crippen LogP contribution in [-0.2, 0) is 0 Å². The summed E-state index contributed by atoms with van der Waals surface area (Å²) in [5.74, 6) is 0. The average Bonchev–Trinajstić information content (AvgIpc) is 0. The van der Waals surface area contributed by atoms with E-state index in [1.165, 1.54) is 0 Å². The van der Waals surface area contributed by atoms with Crippen molar-refractivity contribution in [1.29, 1.82) is 0 Å². The van der Waals surface area contributed by atoms with Crippen LogP contribution >= 0.6 is 0 Å². The molecule has 6 heteroatoms. The van der Waals surface area contributed by atoms with Crippen LogP contribution < -0.4 is 0 Å². The van der Waals surface area contributed by atoms with Crippen LogP contribution in [0.3, 0.4) is 0 Å². The van der Waals surface area contributed by atoms with E-state index in [0.717, 1.165) is 0 Å². The molecular formula is H5F4NaYb. The molecule has 0 atom stereocenters. The van der Waals surface area contributed by atoms with Crippen LogP contribution in [0, 0.1) is 46.9 Å². The second kappa shape index (κ2) is 56.2. The van der Waals surface area contributed by atoms with E-state index in [1.807, 2.05) is 0 Å². The van der Waals surface area contributed by atoms with Crippen LogP contribution in [-0.4, -0.2) is 29.6 Å². The summed E-state index contributed by atoms with van der Waals surface area (Å²) < 4.78 is 0. The van der Waals surface area contributed by atoms with Crippen LogP contribution in [0.5, 0.6) is 0 Å². The van der Waals surface area contributed by atoms with Gasteiger partial charge in [-0.15, -0.1) is 0 Å². The fourth-order valence-corrected chi connectivity index (χ4v) is 0. The minimum Gasteiger partial charge on any atom is 0 e. The van der Waals surface area contributed by atoms with Gasteiger partial charge in [-0.05, 0) is 0 Å². The summed E-state index contributed by atoms with van der Waals surface area (Å²) in [5, 5.41) is 0. The Morgan fingerprint density at radius 3 is 0.500 bits per heavy atom. The Bertz CT molecular complexity index is 7.51. The summed E-state index contributed by atoms with van der Waals surface area (Å²) in [6.07, 6.45) is 0. The van der Waals surface area contributed by atoms with Crippen molar-refractivity contribution < 1.29 is 65.7 Å². The summed E-state index contributed by atoms with van der Waals surface area (Å²) in [5.41, 5.74) is 0. The predicted octanol–water partition coefficient (Wildman–Crippen LogP) is -0.0385. The van der Waals surface area contributed by atoms with Crippen LogP contribution in [0.15, 0.2) is 0 Å². The summed E-state index contributed by atoms with van der Waals surface area (Å²) in [6.45, 7) is 0. The van der Waals surface area contributed by atoms with Crippen molar-refractivity contribution >= 4 is 29.6 Å². The first-order valence-electron chi connectivity index (χ1n) is 0. The van der Waals surface area contributed by atoms with E-state index < -0.39 is 0 Å². The third-order valence-corrected chi connectivity index (χ3v) is 0. The van der Waals surface area contributed by atoms with Crippen molar-refractivity contribution in [2.75, 3.05) is 0 Å². The van der Waals surface area contributed by atoms with E-state index in [1.54, 1.807) is 0 Å². The van der Waals surface area contributed by atoms with Gasteiger partial charge in [-0.3, -0.25) is 18.8 Å². The van der Waals surface area contributed by atoms with Gasteiger partial charge >= 0.3 is 29.6 Å². The SMILES string of the molecule is F.F.F.F.[NaH].[Yb]. The molecule has 0 aromatic heterocycles. The zero-order valence-corrected chi connectivity index (χ0v) is 3.62. The van der Waals surface area contributed by atoms with Gasteiger partial charge in [0.2, 0.25) is 0 Å². The largest absolute Gasteiger partial charge is 0 e. The molecule has 0 N–H and O–H groups in total. The van der Waals surface area contributed by atoms with Gasteiger partial charge in [0.25, 0.3) is 0 Å². The molecule has 0 amide bonds. The maximum atomic E-state index is 0. The standard InChI is InChI=1S/4FH.Na.Yb.H/h4*1H;;;. The minimum absolute atomic E-state index is 0. The third kappa shape index (κ3) is 34.2. The van der Waals surface area contributed by atoms with Gasteiger partial charge in [-0.25, -0.2) is 0 Å². The Balaban J connectivity index is 0. The van der Waals surface area contributed by atoms with E-state index >= 15 is 0 Å². The average molecular weight is 277 g/mol. The zero-order valence-electron chi connectivity index (χ0n) is 1.90. The summed E-state index contributed by atoms with van der Waals surface area (Å²) in [7, 11) is 0. The van der Waals surface area contributed by atoms with E-state index in [-0.39, 0.29) is 95.3 Å². The summed E-state index contributed by atoms with van der Waals surface area (Å²) in [6, 6.07) is 0. The molecule has 0 unspecified atom stereocenters. The van der Waals surface area contributed by atoms with Gasteiger partial charge < -0.3 is 0 Å². The van der Waals surface area contributed by atoms with Crippen molar-refractivity contribution in [1.82, 2.24) is 0 Å². The van der Waals surface area contributed by atoms with Crippen molar-refractivity contribution in [3.05, 3.63) is 0 Å². The van der Waals surface area contributed by atoms with Crippen molar-refractivity contribution in [3.63, 3.8) is 0 Å². The summed E-state index contributed by atoms with van der Waals surface area (Å²) >= 11 is 0. The first kappa shape index (κ1) is 86.1. The topological polar surface area (TPSA) is 0 Å². The van der Waals surface area contributed by atoms with Crippen LogP contribution in [0.1, 0.15) is 0 Å². The fourth-order valence-electron chi connectivity index (χ4n) is 0. The molecule has 48 valence electrons. The van der Waals surface area contributed by atoms with Crippen LogP contribution in [0.25, 0.3) is 0 Å². The molecule has 0 spiro atoms. The third-order valence-electron chi connectivity index (χ3n) is 0. The van der Waals surface area contributed by atoms with E-state index in [9.17, 15) is 0 Å². The molecule has 0 aliphatic heterocycles. The number of hydrogen-bond donors (Lipinski definition) is 0. The molecule has 0 fully saturated rings. The molecule has 0 aromatic rings. The number of rotatable bonds is 0. The second-order valence-electron chi connectivity index (χ2n) is 0. The Labute approximate surface area is 93.4 Å². The molecule has 0 rings (SSSR count). The summed E-state index contributed by atoms with van der Waals surface area (Å²) in [4.78, 5) is 0. The predicted molar refractivity (Wildman–Crippen MR) is 17.2 cm³/mol. The molecule has 0 nitrogen and oxygen atoms in total. The van der Waals surface area contributed by atoms with E-state index in [4.69, 9.17) is 0 Å². The Hall–Kier alpha value is 2.24. The molecule has 0 saturated heterocycles. The van der Waals surface area contributed by atoms with E-state index in [0.29, 0.717) is 0 Å². The van der Waals surface area contributed by atoms with Gasteiger partial charge in [-0.2, -0.15) is 0 Å². The molecule has 6 heavy (non-hydrogen) atoms. The maximum absolute atomic E-state index is 0. The molecule has 0 bridgehead atoms. The van der Waals surface area contributed by atoms with Gasteiger partial charge in [0.15, 0.2) is 0 Å². The quantitative estimate of drug-likeness (QED) is 0.430. The smallest absolute Gasteiger partial charge is 0 e. The Kier molecular flexibility index (Phi) is 806. The van der Waals surface area contributed by atoms with Gasteiger partial charge in [0.05, 0.1) is 0 Å². The van der Waals surface area contributed by atoms with E-state index in [2.05, 4.69) is 0 Å². The fraction of sp³-hybridized carbons (Fsp3) is 0. The van der Waals surface area contributed by atoms with Gasteiger partial charge in [0, 0.05) is 46.9 Å². The Morgan fingerprint density at radius 2 is 0.500 bits per heavy atom. The first-order chi connectivity index (χ1) is 0. The normalized spacial score (nSPS) is 0. The second-order valence-corrected chi connectivity index (χ2v) is 0. The molecule has 0 saturated carbocycles. The molecule has 0 aromatic carbocycles. The molecule has 0 radical (unpaired) electrons. The number of hydrogen-bond acceptors (Lipinski definition) is 0. The molecule has 0 heterocycles. The zero-order chi connectivity index (χ0) is 0. The van der Waals surface area contributed by atoms with Crippen molar-refractivity contribution in [3.8, 4) is 0 Å². The monoisotopic (exact) mass is 278 g/mol.